The van der Waals surface area contributed by atoms with Crippen LogP contribution in [-0.4, -0.2) is 25.0 Å². The molecule has 0 atom stereocenters. The summed E-state index contributed by atoms with van der Waals surface area (Å²) in [6.45, 7) is 0. The number of aromatic nitrogens is 4. The number of ether oxygens (including phenoxy) is 2. The molecular formula is C25H14Cl4N4O3S. The lowest BCUT2D eigenvalue weighted by atomic mass is 9.88. The first-order valence-electron chi connectivity index (χ1n) is 10.5. The Balaban J connectivity index is 1.54. The van der Waals surface area contributed by atoms with E-state index in [9.17, 15) is 5.11 Å². The second-order valence-electron chi connectivity index (χ2n) is 7.47. The van der Waals surface area contributed by atoms with E-state index in [0.29, 0.717) is 26.4 Å². The fraction of sp³-hybridized carbons (Fsp3) is 0.0400. The molecule has 0 amide bonds. The van der Waals surface area contributed by atoms with Crippen molar-refractivity contribution in [3.8, 4) is 23.5 Å². The van der Waals surface area contributed by atoms with Gasteiger partial charge in [-0.1, -0.05) is 76.7 Å². The fourth-order valence-corrected chi connectivity index (χ4v) is 5.14. The quantitative estimate of drug-likeness (QED) is 0.193. The van der Waals surface area contributed by atoms with Gasteiger partial charge in [0.25, 0.3) is 0 Å². The lowest BCUT2D eigenvalue weighted by molar-refractivity contribution is 0.128. The highest BCUT2D eigenvalue weighted by molar-refractivity contribution is 7.10. The van der Waals surface area contributed by atoms with Crippen LogP contribution < -0.4 is 9.47 Å². The Morgan fingerprint density at radius 3 is 1.57 bits per heavy atom. The zero-order valence-corrected chi connectivity index (χ0v) is 22.3. The molecule has 3 aromatic heterocycles. The summed E-state index contributed by atoms with van der Waals surface area (Å²) in [5.74, 6) is 0.708. The topological polar surface area (TPSA) is 90.3 Å². The summed E-state index contributed by atoms with van der Waals surface area (Å²) in [7, 11) is 0. The Labute approximate surface area is 235 Å². The molecule has 0 fully saturated rings. The number of aliphatic hydroxyl groups is 1. The van der Waals surface area contributed by atoms with Crippen LogP contribution >= 0.6 is 57.7 Å². The van der Waals surface area contributed by atoms with E-state index in [1.807, 2.05) is 0 Å². The molecule has 1 N–H and O–H groups in total. The monoisotopic (exact) mass is 590 g/mol. The minimum Gasteiger partial charge on any atom is -0.423 e. The number of benzene rings is 2. The maximum absolute atomic E-state index is 12.1. The highest BCUT2D eigenvalue weighted by Gasteiger charge is 2.41. The first kappa shape index (κ1) is 25.7. The molecular weight excluding hydrogens is 578 g/mol. The van der Waals surface area contributed by atoms with Crippen molar-refractivity contribution in [3.05, 3.63) is 115 Å². The third kappa shape index (κ3) is 5.22. The molecule has 12 heteroatoms. The molecule has 0 spiro atoms. The molecule has 3 heterocycles. The number of rotatable bonds is 7. The van der Waals surface area contributed by atoms with Crippen molar-refractivity contribution >= 4 is 57.7 Å². The third-order valence-electron chi connectivity index (χ3n) is 5.17. The summed E-state index contributed by atoms with van der Waals surface area (Å²) in [6.07, 6.45) is 2.71. The Hall–Kier alpha value is -2.98. The van der Waals surface area contributed by atoms with Crippen LogP contribution in [0.3, 0.4) is 0 Å². The molecule has 5 rings (SSSR count). The van der Waals surface area contributed by atoms with Gasteiger partial charge in [-0.25, -0.2) is 9.97 Å². The molecule has 0 bridgehead atoms. The minimum atomic E-state index is -1.88. The zero-order valence-electron chi connectivity index (χ0n) is 18.5. The largest absolute Gasteiger partial charge is 0.423 e. The summed E-state index contributed by atoms with van der Waals surface area (Å²) >= 11 is 26.7. The third-order valence-corrected chi connectivity index (χ3v) is 7.35. The van der Waals surface area contributed by atoms with Crippen molar-refractivity contribution in [3.63, 3.8) is 0 Å². The van der Waals surface area contributed by atoms with E-state index in [1.54, 1.807) is 66.0 Å². The minimum absolute atomic E-state index is 0.0544. The van der Waals surface area contributed by atoms with Crippen LogP contribution in [0.2, 0.25) is 20.4 Å². The molecule has 0 aliphatic carbocycles. The summed E-state index contributed by atoms with van der Waals surface area (Å²) in [5.41, 5.74) is -1.59. The molecule has 186 valence electrons. The molecule has 0 saturated heterocycles. The van der Waals surface area contributed by atoms with E-state index in [1.165, 1.54) is 23.7 Å². The Kier molecular flexibility index (Phi) is 7.48. The van der Waals surface area contributed by atoms with Gasteiger partial charge in [0.05, 0.1) is 10.0 Å². The first-order chi connectivity index (χ1) is 17.9. The van der Waals surface area contributed by atoms with Crippen molar-refractivity contribution in [2.75, 3.05) is 0 Å². The van der Waals surface area contributed by atoms with Gasteiger partial charge in [0, 0.05) is 28.4 Å². The number of thiophene rings is 1. The molecule has 0 radical (unpaired) electrons. The van der Waals surface area contributed by atoms with Gasteiger partial charge < -0.3 is 14.6 Å². The summed E-state index contributed by atoms with van der Waals surface area (Å²) in [6, 6.07) is 17.1. The normalized spacial score (nSPS) is 11.4. The lowest BCUT2D eigenvalue weighted by Crippen LogP contribution is -2.30. The lowest BCUT2D eigenvalue weighted by Gasteiger charge is -2.28. The average molecular weight is 592 g/mol. The van der Waals surface area contributed by atoms with Gasteiger partial charge in [0.1, 0.15) is 21.8 Å². The van der Waals surface area contributed by atoms with Crippen LogP contribution in [0, 0.1) is 0 Å². The Morgan fingerprint density at radius 2 is 1.16 bits per heavy atom. The van der Waals surface area contributed by atoms with E-state index >= 15 is 0 Å². The number of nitrogens with zero attached hydrogens (tertiary/aromatic N) is 4. The molecule has 7 nitrogen and oxygen atoms in total. The van der Waals surface area contributed by atoms with Gasteiger partial charge in [-0.3, -0.25) is 0 Å². The van der Waals surface area contributed by atoms with Crippen molar-refractivity contribution in [1.29, 1.82) is 0 Å². The van der Waals surface area contributed by atoms with Crippen molar-refractivity contribution in [1.82, 2.24) is 19.9 Å². The molecule has 0 aliphatic rings. The molecule has 0 saturated carbocycles. The van der Waals surface area contributed by atoms with Crippen LogP contribution in [-0.2, 0) is 5.60 Å². The van der Waals surface area contributed by atoms with E-state index in [4.69, 9.17) is 55.9 Å². The zero-order chi connectivity index (χ0) is 26.0. The summed E-state index contributed by atoms with van der Waals surface area (Å²) in [5, 5.41) is 14.5. The SMILES string of the molecule is OC(c1cccs1)(c1cnc(Oc2ccccc2Cl)nc1Cl)c1cnc(Oc2ccccc2Cl)nc1Cl. The highest BCUT2D eigenvalue weighted by Crippen LogP contribution is 2.44. The van der Waals surface area contributed by atoms with E-state index in [-0.39, 0.29) is 33.5 Å². The predicted octanol–water partition coefficient (Wildman–Crippen LogP) is 7.81. The van der Waals surface area contributed by atoms with Gasteiger partial charge in [0.15, 0.2) is 5.60 Å². The van der Waals surface area contributed by atoms with Gasteiger partial charge in [-0.15, -0.1) is 11.3 Å². The number of para-hydroxylation sites is 2. The Bertz CT molecular complexity index is 1470. The van der Waals surface area contributed by atoms with E-state index < -0.39 is 5.60 Å². The Morgan fingerprint density at radius 1 is 0.676 bits per heavy atom. The van der Waals surface area contributed by atoms with Crippen LogP contribution in [0.1, 0.15) is 16.0 Å². The van der Waals surface area contributed by atoms with E-state index in [2.05, 4.69) is 19.9 Å². The summed E-state index contributed by atoms with van der Waals surface area (Å²) in [4.78, 5) is 17.4. The van der Waals surface area contributed by atoms with E-state index in [0.717, 1.165) is 0 Å². The van der Waals surface area contributed by atoms with Crippen LogP contribution in [0.25, 0.3) is 0 Å². The van der Waals surface area contributed by atoms with Crippen LogP contribution in [0.5, 0.6) is 23.5 Å². The van der Waals surface area contributed by atoms with Gasteiger partial charge in [-0.2, -0.15) is 9.97 Å². The smallest absolute Gasteiger partial charge is 0.323 e. The number of hydrogen-bond acceptors (Lipinski definition) is 8. The number of hydrogen-bond donors (Lipinski definition) is 1. The molecule has 37 heavy (non-hydrogen) atoms. The molecule has 2 aromatic carbocycles. The van der Waals surface area contributed by atoms with Gasteiger partial charge in [-0.05, 0) is 35.7 Å². The standard InChI is InChI=1S/C25H14Cl4N4O3S/c26-16-6-1-3-8-18(16)35-23-30-12-14(21(28)32-23)25(34,20-10-5-11-37-20)15-13-31-24(33-22(15)29)36-19-9-4-2-7-17(19)27/h1-13,34H. The maximum Gasteiger partial charge on any atom is 0.323 e. The van der Waals surface area contributed by atoms with Gasteiger partial charge in [0.2, 0.25) is 0 Å². The highest BCUT2D eigenvalue weighted by atomic mass is 35.5. The van der Waals surface area contributed by atoms with Crippen LogP contribution in [0.4, 0.5) is 0 Å². The average Bonchev–Trinajstić information content (AvgIpc) is 3.43. The van der Waals surface area contributed by atoms with Crippen molar-refractivity contribution in [2.45, 2.75) is 5.60 Å². The number of halogens is 4. The molecule has 0 aliphatic heterocycles. The van der Waals surface area contributed by atoms with Crippen LogP contribution in [0.15, 0.2) is 78.4 Å². The van der Waals surface area contributed by atoms with Crippen molar-refractivity contribution < 1.29 is 14.6 Å². The summed E-state index contributed by atoms with van der Waals surface area (Å²) < 4.78 is 11.3. The molecule has 5 aromatic rings. The van der Waals surface area contributed by atoms with Crippen molar-refractivity contribution in [2.24, 2.45) is 0 Å². The van der Waals surface area contributed by atoms with Gasteiger partial charge >= 0.3 is 12.0 Å². The first-order valence-corrected chi connectivity index (χ1v) is 12.9. The second-order valence-corrected chi connectivity index (χ2v) is 9.94. The maximum atomic E-state index is 12.1. The second kappa shape index (κ2) is 10.8. The predicted molar refractivity (Wildman–Crippen MR) is 144 cm³/mol. The fourth-order valence-electron chi connectivity index (χ4n) is 3.42. The molecule has 0 unspecified atom stereocenters.